The molecule has 0 aromatic heterocycles. The monoisotopic (exact) mass is 260 g/mol. The molecule has 1 aromatic carbocycles. The van der Waals surface area contributed by atoms with Gasteiger partial charge in [0.1, 0.15) is 0 Å². The zero-order valence-corrected chi connectivity index (χ0v) is 11.7. The zero-order valence-electron chi connectivity index (χ0n) is 11.7. The van der Waals surface area contributed by atoms with Gasteiger partial charge >= 0.3 is 0 Å². The fraction of sp³-hybridized carbons (Fsp3) is 0.625. The summed E-state index contributed by atoms with van der Waals surface area (Å²) in [5.74, 6) is 0. The van der Waals surface area contributed by atoms with Gasteiger partial charge < -0.3 is 10.5 Å². The van der Waals surface area contributed by atoms with Crippen LogP contribution in [0.4, 0.5) is 0 Å². The summed E-state index contributed by atoms with van der Waals surface area (Å²) in [7, 11) is 0. The minimum Gasteiger partial charge on any atom is -0.375 e. The van der Waals surface area contributed by atoms with Gasteiger partial charge in [0, 0.05) is 19.1 Å². The molecule has 2 aliphatic rings. The maximum Gasteiger partial charge on any atom is 0.0730 e. The summed E-state index contributed by atoms with van der Waals surface area (Å²) in [6.07, 6.45) is 4.21. The lowest BCUT2D eigenvalue weighted by molar-refractivity contribution is -0.0615. The molecule has 1 aromatic rings. The topological polar surface area (TPSA) is 38.5 Å². The smallest absolute Gasteiger partial charge is 0.0730 e. The minimum absolute atomic E-state index is 0.286. The largest absolute Gasteiger partial charge is 0.375 e. The molecule has 0 radical (unpaired) electrons. The van der Waals surface area contributed by atoms with Crippen LogP contribution in [0.5, 0.6) is 0 Å². The molecular formula is C16H24N2O. The van der Waals surface area contributed by atoms with E-state index in [1.807, 2.05) is 6.07 Å². The van der Waals surface area contributed by atoms with Crippen LogP contribution in [0.3, 0.4) is 0 Å². The summed E-state index contributed by atoms with van der Waals surface area (Å²) in [4.78, 5) is 2.55. The van der Waals surface area contributed by atoms with Crippen molar-refractivity contribution < 1.29 is 4.74 Å². The Kier molecular flexibility index (Phi) is 3.61. The highest BCUT2D eigenvalue weighted by Gasteiger charge is 2.38. The van der Waals surface area contributed by atoms with Crippen molar-refractivity contribution in [2.45, 2.75) is 43.9 Å². The summed E-state index contributed by atoms with van der Waals surface area (Å²) in [6, 6.07) is 11.0. The third-order valence-corrected chi connectivity index (χ3v) is 4.56. The van der Waals surface area contributed by atoms with E-state index in [1.165, 1.54) is 24.8 Å². The first-order valence-corrected chi connectivity index (χ1v) is 7.37. The second-order valence-electron chi connectivity index (χ2n) is 6.16. The average Bonchev–Trinajstić information content (AvgIpc) is 2.89. The minimum atomic E-state index is -0.286. The Bertz CT molecular complexity index is 418. The van der Waals surface area contributed by atoms with Gasteiger partial charge in [-0.25, -0.2) is 0 Å². The van der Waals surface area contributed by atoms with E-state index >= 15 is 0 Å². The van der Waals surface area contributed by atoms with E-state index in [1.54, 1.807) is 0 Å². The molecule has 1 saturated heterocycles. The predicted octanol–water partition coefficient (Wildman–Crippen LogP) is 2.11. The van der Waals surface area contributed by atoms with Crippen LogP contribution in [0.2, 0.25) is 0 Å². The first kappa shape index (κ1) is 13.1. The van der Waals surface area contributed by atoms with E-state index < -0.39 is 0 Å². The lowest BCUT2D eigenvalue weighted by atomic mass is 9.91. The Morgan fingerprint density at radius 2 is 2.11 bits per heavy atom. The number of morpholine rings is 1. The van der Waals surface area contributed by atoms with Crippen molar-refractivity contribution in [3.05, 3.63) is 35.9 Å². The Morgan fingerprint density at radius 1 is 1.32 bits per heavy atom. The van der Waals surface area contributed by atoms with Gasteiger partial charge in [0.15, 0.2) is 0 Å². The molecule has 3 unspecified atom stereocenters. The first-order chi connectivity index (χ1) is 9.17. The highest BCUT2D eigenvalue weighted by molar-refractivity contribution is 5.23. The summed E-state index contributed by atoms with van der Waals surface area (Å²) < 4.78 is 5.87. The number of hydrogen-bond acceptors (Lipinski definition) is 3. The molecule has 3 rings (SSSR count). The first-order valence-electron chi connectivity index (χ1n) is 7.37. The van der Waals surface area contributed by atoms with Crippen molar-refractivity contribution in [2.75, 3.05) is 19.7 Å². The summed E-state index contributed by atoms with van der Waals surface area (Å²) in [6.45, 7) is 4.93. The molecule has 1 saturated carbocycles. The van der Waals surface area contributed by atoms with Crippen LogP contribution in [-0.2, 0) is 10.3 Å². The molecule has 2 fully saturated rings. The molecule has 2 N–H and O–H groups in total. The summed E-state index contributed by atoms with van der Waals surface area (Å²) >= 11 is 0. The molecule has 3 nitrogen and oxygen atoms in total. The van der Waals surface area contributed by atoms with E-state index in [0.717, 1.165) is 19.7 Å². The van der Waals surface area contributed by atoms with Crippen LogP contribution >= 0.6 is 0 Å². The predicted molar refractivity (Wildman–Crippen MR) is 76.9 cm³/mol. The number of nitrogens with zero attached hydrogens (tertiary/aromatic N) is 1. The van der Waals surface area contributed by atoms with Gasteiger partial charge in [-0.15, -0.1) is 0 Å². The van der Waals surface area contributed by atoms with E-state index in [0.29, 0.717) is 12.1 Å². The van der Waals surface area contributed by atoms with Crippen molar-refractivity contribution in [2.24, 2.45) is 5.73 Å². The zero-order chi connectivity index (χ0) is 13.3. The van der Waals surface area contributed by atoms with E-state index in [4.69, 9.17) is 10.5 Å². The standard InChI is InChI=1S/C16H24N2O/c1-16(17,13-6-3-2-4-7-13)12-18-10-11-19-15-9-5-8-14(15)18/h2-4,6-7,14-15H,5,8-12,17H2,1H3. The number of rotatable bonds is 3. The summed E-state index contributed by atoms with van der Waals surface area (Å²) in [5, 5.41) is 0. The lowest BCUT2D eigenvalue weighted by Crippen LogP contribution is -2.55. The molecule has 1 heterocycles. The molecule has 104 valence electrons. The van der Waals surface area contributed by atoms with Crippen molar-refractivity contribution >= 4 is 0 Å². The van der Waals surface area contributed by atoms with Gasteiger partial charge in [-0.3, -0.25) is 4.90 Å². The number of ether oxygens (including phenoxy) is 1. The maximum atomic E-state index is 6.57. The van der Waals surface area contributed by atoms with Crippen LogP contribution in [0.15, 0.2) is 30.3 Å². The fourth-order valence-electron chi connectivity index (χ4n) is 3.53. The molecular weight excluding hydrogens is 236 g/mol. The molecule has 0 spiro atoms. The Balaban J connectivity index is 1.73. The molecule has 1 aliphatic heterocycles. The number of nitrogens with two attached hydrogens (primary N) is 1. The van der Waals surface area contributed by atoms with Crippen molar-refractivity contribution in [1.29, 1.82) is 0 Å². The Hall–Kier alpha value is -0.900. The van der Waals surface area contributed by atoms with Crippen LogP contribution in [0, 0.1) is 0 Å². The van der Waals surface area contributed by atoms with Crippen LogP contribution < -0.4 is 5.73 Å². The van der Waals surface area contributed by atoms with E-state index in [2.05, 4.69) is 36.1 Å². The molecule has 1 aliphatic carbocycles. The molecule has 0 bridgehead atoms. The second kappa shape index (κ2) is 5.23. The molecule has 3 heteroatoms. The van der Waals surface area contributed by atoms with Gasteiger partial charge in [-0.1, -0.05) is 30.3 Å². The SMILES string of the molecule is CC(N)(CN1CCOC2CCCC21)c1ccccc1. The average molecular weight is 260 g/mol. The van der Waals surface area contributed by atoms with Crippen molar-refractivity contribution in [3.8, 4) is 0 Å². The Morgan fingerprint density at radius 3 is 2.89 bits per heavy atom. The van der Waals surface area contributed by atoms with Gasteiger partial charge in [0.25, 0.3) is 0 Å². The van der Waals surface area contributed by atoms with E-state index in [9.17, 15) is 0 Å². The highest BCUT2D eigenvalue weighted by Crippen LogP contribution is 2.31. The summed E-state index contributed by atoms with van der Waals surface area (Å²) in [5.41, 5.74) is 7.50. The maximum absolute atomic E-state index is 6.57. The van der Waals surface area contributed by atoms with Crippen LogP contribution in [0.25, 0.3) is 0 Å². The third kappa shape index (κ3) is 2.69. The van der Waals surface area contributed by atoms with Gasteiger partial charge in [0.2, 0.25) is 0 Å². The van der Waals surface area contributed by atoms with Crippen LogP contribution in [0.1, 0.15) is 31.7 Å². The molecule has 19 heavy (non-hydrogen) atoms. The fourth-order valence-corrected chi connectivity index (χ4v) is 3.53. The molecule has 3 atom stereocenters. The lowest BCUT2D eigenvalue weighted by Gasteiger charge is -2.42. The highest BCUT2D eigenvalue weighted by atomic mass is 16.5. The van der Waals surface area contributed by atoms with Gasteiger partial charge in [0.05, 0.1) is 18.2 Å². The normalized spacial score (nSPS) is 30.8. The number of fused-ring (bicyclic) bond motifs is 1. The van der Waals surface area contributed by atoms with E-state index in [-0.39, 0.29) is 5.54 Å². The third-order valence-electron chi connectivity index (χ3n) is 4.56. The number of hydrogen-bond donors (Lipinski definition) is 1. The van der Waals surface area contributed by atoms with Gasteiger partial charge in [-0.2, -0.15) is 0 Å². The Labute approximate surface area is 115 Å². The number of benzene rings is 1. The van der Waals surface area contributed by atoms with Crippen molar-refractivity contribution in [1.82, 2.24) is 4.90 Å². The van der Waals surface area contributed by atoms with Gasteiger partial charge in [-0.05, 0) is 31.7 Å². The van der Waals surface area contributed by atoms with Crippen LogP contribution in [-0.4, -0.2) is 36.7 Å². The quantitative estimate of drug-likeness (QED) is 0.904. The molecule has 0 amide bonds. The van der Waals surface area contributed by atoms with Crippen molar-refractivity contribution in [3.63, 3.8) is 0 Å². The second-order valence-corrected chi connectivity index (χ2v) is 6.16.